The van der Waals surface area contributed by atoms with Crippen molar-refractivity contribution in [2.24, 2.45) is 0 Å². The summed E-state index contributed by atoms with van der Waals surface area (Å²) in [7, 11) is 1.52. The molecular weight excluding hydrogens is 282 g/mol. The van der Waals surface area contributed by atoms with Crippen molar-refractivity contribution in [1.29, 1.82) is 0 Å². The van der Waals surface area contributed by atoms with Crippen LogP contribution in [0.1, 0.15) is 10.4 Å². The van der Waals surface area contributed by atoms with Crippen molar-refractivity contribution >= 4 is 29.1 Å². The normalized spacial score (nSPS) is 18.7. The molecule has 20 heavy (non-hydrogen) atoms. The van der Waals surface area contributed by atoms with Crippen LogP contribution in [0.15, 0.2) is 18.2 Å². The van der Waals surface area contributed by atoms with Gasteiger partial charge in [0.25, 0.3) is 5.91 Å². The first-order valence-corrected chi connectivity index (χ1v) is 6.57. The van der Waals surface area contributed by atoms with Crippen LogP contribution in [0.3, 0.4) is 0 Å². The molecule has 3 N–H and O–H groups in total. The van der Waals surface area contributed by atoms with Crippen LogP contribution < -0.4 is 11.1 Å². The summed E-state index contributed by atoms with van der Waals surface area (Å²) in [6.07, 6.45) is 0. The third kappa shape index (κ3) is 2.86. The van der Waals surface area contributed by atoms with Crippen LogP contribution in [-0.4, -0.2) is 49.6 Å². The largest absolute Gasteiger partial charge is 0.398 e. The maximum atomic E-state index is 12.6. The Labute approximate surface area is 121 Å². The summed E-state index contributed by atoms with van der Waals surface area (Å²) in [4.78, 5) is 25.8. The van der Waals surface area contributed by atoms with Crippen LogP contribution in [0.5, 0.6) is 0 Å². The van der Waals surface area contributed by atoms with E-state index >= 15 is 0 Å². The fraction of sp³-hybridized carbons (Fsp3) is 0.385. The lowest BCUT2D eigenvalue weighted by Crippen LogP contribution is -2.55. The van der Waals surface area contributed by atoms with E-state index in [2.05, 4.69) is 5.32 Å². The van der Waals surface area contributed by atoms with Crippen molar-refractivity contribution in [3.8, 4) is 0 Å². The highest BCUT2D eigenvalue weighted by Gasteiger charge is 2.33. The standard InChI is InChI=1S/C13H16ClN3O3/c1-16-12(18)11-7-20-5-4-17(11)13(19)9-6-8(14)2-3-10(9)15/h2-3,6,11H,4-5,7,15H2,1H3,(H,16,18). The van der Waals surface area contributed by atoms with Crippen LogP contribution in [0, 0.1) is 0 Å². The second kappa shape index (κ2) is 6.11. The maximum Gasteiger partial charge on any atom is 0.256 e. The number of nitrogen functional groups attached to an aromatic ring is 1. The Balaban J connectivity index is 2.30. The molecule has 1 aliphatic heterocycles. The van der Waals surface area contributed by atoms with Gasteiger partial charge in [0.1, 0.15) is 6.04 Å². The summed E-state index contributed by atoms with van der Waals surface area (Å²) >= 11 is 5.90. The SMILES string of the molecule is CNC(=O)C1COCCN1C(=O)c1cc(Cl)ccc1N. The van der Waals surface area contributed by atoms with Crippen molar-refractivity contribution in [1.82, 2.24) is 10.2 Å². The summed E-state index contributed by atoms with van der Waals surface area (Å²) in [6.45, 7) is 0.897. The lowest BCUT2D eigenvalue weighted by Gasteiger charge is -2.34. The first-order valence-electron chi connectivity index (χ1n) is 6.20. The second-order valence-corrected chi connectivity index (χ2v) is 4.87. The zero-order chi connectivity index (χ0) is 14.7. The Kier molecular flexibility index (Phi) is 4.46. The molecule has 0 bridgehead atoms. The smallest absolute Gasteiger partial charge is 0.256 e. The number of nitrogens with one attached hydrogen (secondary N) is 1. The molecule has 0 radical (unpaired) electrons. The Morgan fingerprint density at radius 3 is 2.95 bits per heavy atom. The van der Waals surface area contributed by atoms with Crippen LogP contribution in [0.4, 0.5) is 5.69 Å². The Morgan fingerprint density at radius 1 is 1.50 bits per heavy atom. The first kappa shape index (κ1) is 14.6. The second-order valence-electron chi connectivity index (χ2n) is 4.44. The van der Waals surface area contributed by atoms with E-state index in [1.54, 1.807) is 12.1 Å². The molecule has 2 amide bonds. The number of carbonyl (C=O) groups is 2. The van der Waals surface area contributed by atoms with Crippen molar-refractivity contribution in [2.45, 2.75) is 6.04 Å². The fourth-order valence-corrected chi connectivity index (χ4v) is 2.27. The number of halogens is 1. The number of morpholine rings is 1. The highest BCUT2D eigenvalue weighted by Crippen LogP contribution is 2.21. The molecule has 0 aliphatic carbocycles. The molecule has 6 nitrogen and oxygen atoms in total. The third-order valence-electron chi connectivity index (χ3n) is 3.18. The molecule has 1 aliphatic rings. The van der Waals surface area contributed by atoms with Gasteiger partial charge >= 0.3 is 0 Å². The minimum absolute atomic E-state index is 0.173. The van der Waals surface area contributed by atoms with Crippen LogP contribution in [-0.2, 0) is 9.53 Å². The number of hydrogen-bond donors (Lipinski definition) is 2. The summed E-state index contributed by atoms with van der Waals surface area (Å²) in [6, 6.07) is 4.05. The molecule has 7 heteroatoms. The summed E-state index contributed by atoms with van der Waals surface area (Å²) in [5.74, 6) is -0.583. The number of amides is 2. The molecule has 1 aromatic rings. The number of ether oxygens (including phenoxy) is 1. The van der Waals surface area contributed by atoms with E-state index in [0.29, 0.717) is 29.4 Å². The van der Waals surface area contributed by atoms with Gasteiger partial charge in [0, 0.05) is 24.3 Å². The van der Waals surface area contributed by atoms with Gasteiger partial charge < -0.3 is 20.7 Å². The highest BCUT2D eigenvalue weighted by molar-refractivity contribution is 6.31. The lowest BCUT2D eigenvalue weighted by atomic mass is 10.1. The van der Waals surface area contributed by atoms with Gasteiger partial charge in [-0.15, -0.1) is 0 Å². The van der Waals surface area contributed by atoms with Crippen LogP contribution in [0.25, 0.3) is 0 Å². The van der Waals surface area contributed by atoms with Gasteiger partial charge in [0.2, 0.25) is 5.91 Å². The van der Waals surface area contributed by atoms with E-state index in [1.807, 2.05) is 0 Å². The van der Waals surface area contributed by atoms with Gasteiger partial charge in [-0.2, -0.15) is 0 Å². The number of likely N-dealkylation sites (N-methyl/N-ethyl adjacent to an activating group) is 1. The molecule has 108 valence electrons. The van der Waals surface area contributed by atoms with Crippen molar-refractivity contribution in [3.63, 3.8) is 0 Å². The minimum atomic E-state index is -0.653. The number of benzene rings is 1. The molecule has 1 heterocycles. The lowest BCUT2D eigenvalue weighted by molar-refractivity contribution is -0.130. The van der Waals surface area contributed by atoms with E-state index in [9.17, 15) is 9.59 Å². The van der Waals surface area contributed by atoms with Crippen molar-refractivity contribution < 1.29 is 14.3 Å². The van der Waals surface area contributed by atoms with Crippen molar-refractivity contribution in [2.75, 3.05) is 32.5 Å². The number of nitrogens with two attached hydrogens (primary N) is 1. The van der Waals surface area contributed by atoms with E-state index < -0.39 is 6.04 Å². The molecule has 0 saturated carbocycles. The predicted octanol–water partition coefficient (Wildman–Crippen LogP) is 0.509. The minimum Gasteiger partial charge on any atom is -0.398 e. The molecule has 1 unspecified atom stereocenters. The highest BCUT2D eigenvalue weighted by atomic mass is 35.5. The molecule has 1 aromatic carbocycles. The zero-order valence-corrected chi connectivity index (χ0v) is 11.8. The van der Waals surface area contributed by atoms with Gasteiger partial charge in [-0.05, 0) is 18.2 Å². The van der Waals surface area contributed by atoms with Crippen LogP contribution >= 0.6 is 11.6 Å². The topological polar surface area (TPSA) is 84.7 Å². The number of rotatable bonds is 2. The average Bonchev–Trinajstić information content (AvgIpc) is 2.48. The molecule has 2 rings (SSSR count). The van der Waals surface area contributed by atoms with E-state index in [4.69, 9.17) is 22.1 Å². The summed E-state index contributed by atoms with van der Waals surface area (Å²) in [5.41, 5.74) is 6.45. The Bertz CT molecular complexity index is 536. The first-order chi connectivity index (χ1) is 9.54. The number of nitrogens with zero attached hydrogens (tertiary/aromatic N) is 1. The molecule has 1 atom stereocenters. The quantitative estimate of drug-likeness (QED) is 0.779. The summed E-state index contributed by atoms with van der Waals surface area (Å²) < 4.78 is 5.26. The maximum absolute atomic E-state index is 12.6. The van der Waals surface area contributed by atoms with E-state index in [0.717, 1.165) is 0 Å². The number of carbonyl (C=O) groups excluding carboxylic acids is 2. The third-order valence-corrected chi connectivity index (χ3v) is 3.42. The Hall–Kier alpha value is -1.79. The average molecular weight is 298 g/mol. The van der Waals surface area contributed by atoms with E-state index in [1.165, 1.54) is 18.0 Å². The summed E-state index contributed by atoms with van der Waals surface area (Å²) in [5, 5.41) is 2.95. The van der Waals surface area contributed by atoms with Gasteiger partial charge in [0.15, 0.2) is 0 Å². The Morgan fingerprint density at radius 2 is 2.25 bits per heavy atom. The molecular formula is C13H16ClN3O3. The molecule has 1 saturated heterocycles. The van der Waals surface area contributed by atoms with Crippen molar-refractivity contribution in [3.05, 3.63) is 28.8 Å². The van der Waals surface area contributed by atoms with E-state index in [-0.39, 0.29) is 18.4 Å². The predicted molar refractivity (Wildman–Crippen MR) is 75.6 cm³/mol. The van der Waals surface area contributed by atoms with Gasteiger partial charge in [0.05, 0.1) is 18.8 Å². The monoisotopic (exact) mass is 297 g/mol. The fourth-order valence-electron chi connectivity index (χ4n) is 2.10. The number of anilines is 1. The van der Waals surface area contributed by atoms with Gasteiger partial charge in [-0.3, -0.25) is 9.59 Å². The molecule has 1 fully saturated rings. The molecule has 0 spiro atoms. The van der Waals surface area contributed by atoms with Gasteiger partial charge in [-0.1, -0.05) is 11.6 Å². The van der Waals surface area contributed by atoms with Crippen LogP contribution in [0.2, 0.25) is 5.02 Å². The zero-order valence-electron chi connectivity index (χ0n) is 11.1. The number of hydrogen-bond acceptors (Lipinski definition) is 4. The molecule has 0 aromatic heterocycles. The van der Waals surface area contributed by atoms with Gasteiger partial charge in [-0.25, -0.2) is 0 Å².